The minimum absolute atomic E-state index is 0.903. The molecule has 1 heteroatoms. The summed E-state index contributed by atoms with van der Waals surface area (Å²) in [6, 6.07) is 0. The van der Waals surface area contributed by atoms with Crippen LogP contribution in [-0.2, 0) is 0 Å². The molecule has 0 unspecified atom stereocenters. The molecular weight excluding hydrogens is 218 g/mol. The summed E-state index contributed by atoms with van der Waals surface area (Å²) in [5, 5.41) is 2.90. The third-order valence-electron chi connectivity index (χ3n) is 1.87. The van der Waals surface area contributed by atoms with Crippen LogP contribution in [0.15, 0.2) is 61.3 Å². The summed E-state index contributed by atoms with van der Waals surface area (Å²) >= 11 is 0. The Balaban J connectivity index is -0.000000270. The standard InChI is InChI=1S/C11H16.C4H9N.C2H6/c1-5-8-9-11(7-3)10(4)6-2;1-3-4-5-2;1-2/h5,7-9H,3-4,6H2,1-2H3;3,5H,1,4H2,2H3;1-2H3/b8-5-,11-9+;;. The van der Waals surface area contributed by atoms with E-state index >= 15 is 0 Å². The Kier molecular flexibility index (Phi) is 25.5. The van der Waals surface area contributed by atoms with Crippen LogP contribution in [0.25, 0.3) is 0 Å². The van der Waals surface area contributed by atoms with Crippen molar-refractivity contribution in [2.75, 3.05) is 13.6 Å². The van der Waals surface area contributed by atoms with Crippen LogP contribution in [0.2, 0.25) is 0 Å². The average Bonchev–Trinajstić information content (AvgIpc) is 2.43. The molecular formula is C17H31N. The highest BCUT2D eigenvalue weighted by Gasteiger charge is 1.92. The quantitative estimate of drug-likeness (QED) is 0.512. The smallest absolute Gasteiger partial charge is 0.0129 e. The molecule has 0 saturated heterocycles. The van der Waals surface area contributed by atoms with Gasteiger partial charge in [-0.25, -0.2) is 0 Å². The summed E-state index contributed by atoms with van der Waals surface area (Å²) in [4.78, 5) is 0. The van der Waals surface area contributed by atoms with Crippen LogP contribution in [0.4, 0.5) is 0 Å². The zero-order chi connectivity index (χ0) is 14.8. The lowest BCUT2D eigenvalue weighted by molar-refractivity contribution is 0.921. The maximum absolute atomic E-state index is 3.92. The molecule has 104 valence electrons. The highest BCUT2D eigenvalue weighted by molar-refractivity contribution is 5.38. The van der Waals surface area contributed by atoms with Crippen LogP contribution in [0.5, 0.6) is 0 Å². The van der Waals surface area contributed by atoms with E-state index in [9.17, 15) is 0 Å². The van der Waals surface area contributed by atoms with E-state index in [2.05, 4.69) is 32.0 Å². The molecule has 0 radical (unpaired) electrons. The van der Waals surface area contributed by atoms with Crippen LogP contribution in [0.3, 0.4) is 0 Å². The van der Waals surface area contributed by atoms with Gasteiger partial charge in [0, 0.05) is 6.54 Å². The molecule has 0 aromatic heterocycles. The van der Waals surface area contributed by atoms with Crippen molar-refractivity contribution < 1.29 is 0 Å². The summed E-state index contributed by atoms with van der Waals surface area (Å²) < 4.78 is 0. The summed E-state index contributed by atoms with van der Waals surface area (Å²) in [6.45, 7) is 20.1. The average molecular weight is 249 g/mol. The number of hydrogen-bond acceptors (Lipinski definition) is 1. The molecule has 0 aromatic carbocycles. The van der Waals surface area contributed by atoms with Gasteiger partial charge in [0.25, 0.3) is 0 Å². The second-order valence-corrected chi connectivity index (χ2v) is 3.16. The van der Waals surface area contributed by atoms with Gasteiger partial charge < -0.3 is 5.32 Å². The predicted molar refractivity (Wildman–Crippen MR) is 88.0 cm³/mol. The number of nitrogens with one attached hydrogen (secondary N) is 1. The van der Waals surface area contributed by atoms with Crippen LogP contribution in [0.1, 0.15) is 34.1 Å². The highest BCUT2D eigenvalue weighted by Crippen LogP contribution is 2.11. The molecule has 0 aromatic rings. The van der Waals surface area contributed by atoms with Crippen molar-refractivity contribution in [3.63, 3.8) is 0 Å². The summed E-state index contributed by atoms with van der Waals surface area (Å²) in [7, 11) is 1.89. The van der Waals surface area contributed by atoms with Gasteiger partial charge in [-0.2, -0.15) is 0 Å². The fourth-order valence-electron chi connectivity index (χ4n) is 0.879. The van der Waals surface area contributed by atoms with Crippen molar-refractivity contribution in [2.45, 2.75) is 34.1 Å². The first-order chi connectivity index (χ1) is 8.67. The van der Waals surface area contributed by atoms with Gasteiger partial charge in [0.15, 0.2) is 0 Å². The number of rotatable bonds is 6. The fourth-order valence-corrected chi connectivity index (χ4v) is 0.879. The number of allylic oxidation sites excluding steroid dienone is 6. The molecule has 0 rings (SSSR count). The van der Waals surface area contributed by atoms with Gasteiger partial charge in [0.05, 0.1) is 0 Å². The van der Waals surface area contributed by atoms with Gasteiger partial charge in [-0.05, 0) is 31.5 Å². The lowest BCUT2D eigenvalue weighted by atomic mass is 10.1. The predicted octanol–water partition coefficient (Wildman–Crippen LogP) is 5.06. The first kappa shape index (κ1) is 21.9. The van der Waals surface area contributed by atoms with Crippen LogP contribution >= 0.6 is 0 Å². The Bertz CT molecular complexity index is 257. The Labute approximate surface area is 115 Å². The lowest BCUT2D eigenvalue weighted by Crippen LogP contribution is -2.02. The Morgan fingerprint density at radius 3 is 2.00 bits per heavy atom. The molecule has 18 heavy (non-hydrogen) atoms. The zero-order valence-electron chi connectivity index (χ0n) is 12.9. The highest BCUT2D eigenvalue weighted by atomic mass is 14.8. The van der Waals surface area contributed by atoms with Crippen molar-refractivity contribution in [1.29, 1.82) is 0 Å². The van der Waals surface area contributed by atoms with Gasteiger partial charge in [-0.1, -0.05) is 64.3 Å². The summed E-state index contributed by atoms with van der Waals surface area (Å²) in [6.07, 6.45) is 10.7. The largest absolute Gasteiger partial charge is 0.316 e. The second-order valence-electron chi connectivity index (χ2n) is 3.16. The second kappa shape index (κ2) is 21.0. The maximum atomic E-state index is 3.92. The molecule has 0 heterocycles. The molecule has 0 amide bonds. The molecule has 0 aliphatic carbocycles. The van der Waals surface area contributed by atoms with Crippen molar-refractivity contribution in [1.82, 2.24) is 5.32 Å². The van der Waals surface area contributed by atoms with E-state index in [1.807, 2.05) is 58.2 Å². The van der Waals surface area contributed by atoms with Crippen LogP contribution in [0, 0.1) is 0 Å². The normalized spacial score (nSPS) is 9.72. The molecule has 0 aliphatic heterocycles. The Hall–Kier alpha value is -1.34. The third-order valence-corrected chi connectivity index (χ3v) is 1.87. The minimum atomic E-state index is 0.903. The molecule has 1 N–H and O–H groups in total. The molecule has 0 bridgehead atoms. The van der Waals surface area contributed by atoms with Gasteiger partial charge >= 0.3 is 0 Å². The minimum Gasteiger partial charge on any atom is -0.316 e. The van der Waals surface area contributed by atoms with E-state index in [4.69, 9.17) is 0 Å². The van der Waals surface area contributed by atoms with Crippen molar-refractivity contribution >= 4 is 0 Å². The maximum Gasteiger partial charge on any atom is 0.0129 e. The topological polar surface area (TPSA) is 12.0 Å². The SMILES string of the molecule is C=C/C(=C\C=C/C)C(=C)CC.C=CCNC.CC. The molecule has 0 atom stereocenters. The molecule has 0 spiro atoms. The Morgan fingerprint density at radius 1 is 1.22 bits per heavy atom. The molecule has 0 fully saturated rings. The van der Waals surface area contributed by atoms with Crippen molar-refractivity contribution in [3.05, 3.63) is 61.3 Å². The third kappa shape index (κ3) is 17.1. The van der Waals surface area contributed by atoms with E-state index in [1.54, 1.807) is 0 Å². The summed E-state index contributed by atoms with van der Waals surface area (Å²) in [5.74, 6) is 0. The van der Waals surface area contributed by atoms with Crippen LogP contribution < -0.4 is 5.32 Å². The number of likely N-dealkylation sites (N-methyl/N-ethyl adjacent to an activating group) is 1. The number of hydrogen-bond donors (Lipinski definition) is 1. The monoisotopic (exact) mass is 249 g/mol. The van der Waals surface area contributed by atoms with E-state index in [-0.39, 0.29) is 0 Å². The first-order valence-electron chi connectivity index (χ1n) is 6.56. The molecule has 0 saturated carbocycles. The van der Waals surface area contributed by atoms with E-state index < -0.39 is 0 Å². The Morgan fingerprint density at radius 2 is 1.78 bits per heavy atom. The zero-order valence-corrected chi connectivity index (χ0v) is 12.9. The van der Waals surface area contributed by atoms with E-state index in [0.717, 1.165) is 24.1 Å². The van der Waals surface area contributed by atoms with Crippen LogP contribution in [-0.4, -0.2) is 13.6 Å². The van der Waals surface area contributed by atoms with E-state index in [1.165, 1.54) is 0 Å². The van der Waals surface area contributed by atoms with E-state index in [0.29, 0.717) is 0 Å². The van der Waals surface area contributed by atoms with Gasteiger partial charge in [0.2, 0.25) is 0 Å². The van der Waals surface area contributed by atoms with Gasteiger partial charge in [0.1, 0.15) is 0 Å². The van der Waals surface area contributed by atoms with Crippen molar-refractivity contribution in [3.8, 4) is 0 Å². The fraction of sp³-hybridized carbons (Fsp3) is 0.412. The van der Waals surface area contributed by atoms with Crippen molar-refractivity contribution in [2.24, 2.45) is 0 Å². The van der Waals surface area contributed by atoms with Gasteiger partial charge in [-0.15, -0.1) is 6.58 Å². The lowest BCUT2D eigenvalue weighted by Gasteiger charge is -2.00. The molecule has 1 nitrogen and oxygen atoms in total. The summed E-state index contributed by atoms with van der Waals surface area (Å²) in [5.41, 5.74) is 2.27. The first-order valence-corrected chi connectivity index (χ1v) is 6.56. The van der Waals surface area contributed by atoms with Gasteiger partial charge in [-0.3, -0.25) is 0 Å². The molecule has 0 aliphatic rings.